The third-order valence-electron chi connectivity index (χ3n) is 12.3. The third kappa shape index (κ3) is 53.5. The highest BCUT2D eigenvalue weighted by Crippen LogP contribution is 2.43. The van der Waals surface area contributed by atoms with E-state index < -0.39 is 57.8 Å². The average molecular weight is 1060 g/mol. The number of carbonyl (C=O) groups is 3. The molecule has 0 rings (SSSR count). The fraction of sp³-hybridized carbons (Fsp3) is 0.726. The minimum absolute atomic E-state index is 0.145. The summed E-state index contributed by atoms with van der Waals surface area (Å²) in [5.74, 6) is -1.52. The van der Waals surface area contributed by atoms with Crippen LogP contribution < -0.4 is 0 Å². The van der Waals surface area contributed by atoms with Crippen LogP contribution in [0.25, 0.3) is 0 Å². The van der Waals surface area contributed by atoms with Crippen LogP contribution in [0.3, 0.4) is 0 Å². The Morgan fingerprint density at radius 2 is 0.703 bits per heavy atom. The second kappa shape index (κ2) is 55.9. The Hall–Kier alpha value is -3.34. The lowest BCUT2D eigenvalue weighted by Crippen LogP contribution is -2.30. The van der Waals surface area contributed by atoms with Gasteiger partial charge >= 0.3 is 25.7 Å². The van der Waals surface area contributed by atoms with Gasteiger partial charge in [0.2, 0.25) is 0 Å². The van der Waals surface area contributed by atoms with Crippen LogP contribution >= 0.6 is 7.82 Å². The molecule has 426 valence electrons. The molecule has 0 spiro atoms. The molecule has 0 aromatic carbocycles. The lowest BCUT2D eigenvalue weighted by molar-refractivity contribution is -0.161. The zero-order chi connectivity index (χ0) is 54.1. The highest BCUT2D eigenvalue weighted by atomic mass is 31.2. The number of hydrogen-bond acceptors (Lipinski definition) is 10. The number of ether oxygens (including phenoxy) is 3. The highest BCUT2D eigenvalue weighted by Gasteiger charge is 2.28. The van der Waals surface area contributed by atoms with Crippen LogP contribution in [-0.4, -0.2) is 66.5 Å². The van der Waals surface area contributed by atoms with Crippen LogP contribution in [0.4, 0.5) is 0 Å². The standard InChI is InChI=1S/C62H107O11P/c1-4-7-10-13-16-19-22-25-28-29-32-35-38-41-44-47-50-53-62(66)73-59(55-69-60(64)51-48-45-42-39-36-33-30-26-23-20-17-14-11-8-5-2)57-71-74(67,68)70-56-58(54-63)72-61(65)52-49-46-43-40-37-34-31-27-24-21-18-15-12-9-6-3/h7-8,10-11,16-17,19-20,25-26,28,30,36,39,58-59,63H,4-6,9,12-15,18,21-24,27,29,31-35,37-38,40-57H2,1-3H3,(H,67,68)/b10-7-,11-8-,19-16-,20-17-,28-25-,30-26-,39-36-. The van der Waals surface area contributed by atoms with E-state index in [2.05, 4.69) is 106 Å². The first-order valence-electron chi connectivity index (χ1n) is 29.5. The van der Waals surface area contributed by atoms with Gasteiger partial charge in [0.15, 0.2) is 6.10 Å². The number of phosphoric ester groups is 1. The van der Waals surface area contributed by atoms with Gasteiger partial charge in [-0.2, -0.15) is 0 Å². The van der Waals surface area contributed by atoms with Crippen molar-refractivity contribution in [2.24, 2.45) is 0 Å². The minimum atomic E-state index is -4.76. The van der Waals surface area contributed by atoms with Crippen LogP contribution in [0, 0.1) is 0 Å². The van der Waals surface area contributed by atoms with E-state index in [9.17, 15) is 28.9 Å². The molecule has 74 heavy (non-hydrogen) atoms. The second-order valence-corrected chi connectivity index (χ2v) is 20.9. The second-order valence-electron chi connectivity index (χ2n) is 19.4. The summed E-state index contributed by atoms with van der Waals surface area (Å²) in [6, 6.07) is 0. The monoisotopic (exact) mass is 1060 g/mol. The number of carbonyl (C=O) groups excluding carboxylic acids is 3. The van der Waals surface area contributed by atoms with Crippen LogP contribution in [0.1, 0.15) is 252 Å². The zero-order valence-electron chi connectivity index (χ0n) is 47.0. The molecule has 0 aliphatic rings. The molecule has 3 atom stereocenters. The molecule has 2 N–H and O–H groups in total. The van der Waals surface area contributed by atoms with Crippen LogP contribution in [0.5, 0.6) is 0 Å². The van der Waals surface area contributed by atoms with Crippen LogP contribution in [-0.2, 0) is 42.2 Å². The van der Waals surface area contributed by atoms with Gasteiger partial charge in [0.25, 0.3) is 0 Å². The quantitative estimate of drug-likeness (QED) is 0.0197. The van der Waals surface area contributed by atoms with Crippen molar-refractivity contribution in [3.05, 3.63) is 85.1 Å². The summed E-state index contributed by atoms with van der Waals surface area (Å²) in [6.07, 6.45) is 64.0. The molecule has 0 saturated carbocycles. The van der Waals surface area contributed by atoms with E-state index in [0.717, 1.165) is 116 Å². The predicted octanol–water partition coefficient (Wildman–Crippen LogP) is 17.5. The molecular formula is C62H107O11P. The van der Waals surface area contributed by atoms with Gasteiger partial charge in [-0.15, -0.1) is 0 Å². The first-order valence-corrected chi connectivity index (χ1v) is 31.0. The Morgan fingerprint density at radius 1 is 0.392 bits per heavy atom. The van der Waals surface area contributed by atoms with E-state index >= 15 is 0 Å². The molecule has 0 aromatic rings. The number of phosphoric acid groups is 1. The normalized spacial score (nSPS) is 14.0. The molecule has 0 fully saturated rings. The molecule has 3 unspecified atom stereocenters. The number of rotatable bonds is 54. The van der Waals surface area contributed by atoms with Crippen molar-refractivity contribution in [1.82, 2.24) is 0 Å². The topological polar surface area (TPSA) is 155 Å². The summed E-state index contributed by atoms with van der Waals surface area (Å²) < 4.78 is 39.5. The lowest BCUT2D eigenvalue weighted by atomic mass is 10.0. The molecule has 0 aliphatic heterocycles. The summed E-state index contributed by atoms with van der Waals surface area (Å²) in [7, 11) is -4.76. The van der Waals surface area contributed by atoms with E-state index in [1.165, 1.54) is 77.0 Å². The zero-order valence-corrected chi connectivity index (χ0v) is 47.9. The maximum atomic E-state index is 12.9. The molecule has 12 heteroatoms. The number of allylic oxidation sites excluding steroid dienone is 14. The number of aliphatic hydroxyl groups excluding tert-OH is 1. The van der Waals surface area contributed by atoms with Gasteiger partial charge in [0.05, 0.1) is 19.8 Å². The van der Waals surface area contributed by atoms with Gasteiger partial charge in [-0.3, -0.25) is 23.4 Å². The largest absolute Gasteiger partial charge is 0.472 e. The summed E-state index contributed by atoms with van der Waals surface area (Å²) in [5.41, 5.74) is 0. The maximum Gasteiger partial charge on any atom is 0.472 e. The summed E-state index contributed by atoms with van der Waals surface area (Å²) in [6.45, 7) is 4.38. The summed E-state index contributed by atoms with van der Waals surface area (Å²) in [5, 5.41) is 9.82. The van der Waals surface area contributed by atoms with Gasteiger partial charge in [0.1, 0.15) is 12.7 Å². The Kier molecular flexibility index (Phi) is 53.4. The predicted molar refractivity (Wildman–Crippen MR) is 307 cm³/mol. The van der Waals surface area contributed by atoms with Gasteiger partial charge < -0.3 is 24.2 Å². The van der Waals surface area contributed by atoms with Crippen molar-refractivity contribution in [2.75, 3.05) is 26.4 Å². The molecule has 0 radical (unpaired) electrons. The fourth-order valence-electron chi connectivity index (χ4n) is 7.89. The smallest absolute Gasteiger partial charge is 0.462 e. The molecule has 0 aliphatic carbocycles. The van der Waals surface area contributed by atoms with Crippen molar-refractivity contribution in [2.45, 2.75) is 264 Å². The van der Waals surface area contributed by atoms with Gasteiger partial charge in [0, 0.05) is 19.3 Å². The molecule has 0 aromatic heterocycles. The summed E-state index contributed by atoms with van der Waals surface area (Å²) >= 11 is 0. The first kappa shape index (κ1) is 70.7. The Morgan fingerprint density at radius 3 is 1.11 bits per heavy atom. The Bertz CT molecular complexity index is 1560. The number of esters is 3. The highest BCUT2D eigenvalue weighted by molar-refractivity contribution is 7.47. The lowest BCUT2D eigenvalue weighted by Gasteiger charge is -2.21. The SMILES string of the molecule is CC/C=C\C/C=C\C/C=C\C/C=C\CCCCC(=O)OCC(COP(=O)(O)OCC(CO)OC(=O)CCCCCCCCCCCCCCCCC)OC(=O)CCCCCCCCC/C=C\C/C=C\C/C=C\CC. The van der Waals surface area contributed by atoms with E-state index in [0.29, 0.717) is 19.3 Å². The number of unbranched alkanes of at least 4 members (excludes halogenated alkanes) is 23. The number of aliphatic hydroxyl groups is 1. The molecule has 0 heterocycles. The van der Waals surface area contributed by atoms with Crippen molar-refractivity contribution < 1.29 is 52.2 Å². The van der Waals surface area contributed by atoms with E-state index in [-0.39, 0.29) is 25.9 Å². The maximum absolute atomic E-state index is 12.9. The van der Waals surface area contributed by atoms with Crippen molar-refractivity contribution in [3.63, 3.8) is 0 Å². The van der Waals surface area contributed by atoms with Crippen molar-refractivity contribution >= 4 is 25.7 Å². The van der Waals surface area contributed by atoms with Crippen LogP contribution in [0.15, 0.2) is 85.1 Å². The molecule has 11 nitrogen and oxygen atoms in total. The van der Waals surface area contributed by atoms with Gasteiger partial charge in [-0.25, -0.2) is 4.57 Å². The molecular weight excluding hydrogens is 952 g/mol. The molecule has 0 bridgehead atoms. The van der Waals surface area contributed by atoms with E-state index in [1.54, 1.807) is 0 Å². The third-order valence-corrected chi connectivity index (χ3v) is 13.3. The molecule has 0 amide bonds. The fourth-order valence-corrected chi connectivity index (χ4v) is 8.68. The minimum Gasteiger partial charge on any atom is -0.462 e. The van der Waals surface area contributed by atoms with Gasteiger partial charge in [-0.05, 0) is 89.9 Å². The molecule has 0 saturated heterocycles. The number of hydrogen-bond donors (Lipinski definition) is 2. The van der Waals surface area contributed by atoms with E-state index in [1.807, 2.05) is 0 Å². The van der Waals surface area contributed by atoms with Gasteiger partial charge in [-0.1, -0.05) is 228 Å². The van der Waals surface area contributed by atoms with Crippen LogP contribution in [0.2, 0.25) is 0 Å². The Balaban J connectivity index is 4.77. The van der Waals surface area contributed by atoms with Crippen molar-refractivity contribution in [3.8, 4) is 0 Å². The van der Waals surface area contributed by atoms with E-state index in [4.69, 9.17) is 23.3 Å². The average Bonchev–Trinajstić information content (AvgIpc) is 3.39. The van der Waals surface area contributed by atoms with Crippen molar-refractivity contribution in [1.29, 1.82) is 0 Å². The Labute approximate surface area is 451 Å². The first-order chi connectivity index (χ1) is 36.2. The summed E-state index contributed by atoms with van der Waals surface area (Å²) in [4.78, 5) is 48.6.